The Labute approximate surface area is 154 Å². The number of cyclic esters (lactones) is 1. The molecule has 6 heteroatoms. The molecule has 1 aliphatic rings. The van der Waals surface area contributed by atoms with E-state index in [1.807, 2.05) is 18.2 Å². The van der Waals surface area contributed by atoms with E-state index in [1.54, 1.807) is 36.4 Å². The Hall–Kier alpha value is -3.93. The maximum atomic E-state index is 12.0. The summed E-state index contributed by atoms with van der Waals surface area (Å²) >= 11 is 0. The molecule has 0 radical (unpaired) electrons. The summed E-state index contributed by atoms with van der Waals surface area (Å²) in [5, 5.41) is 8.95. The smallest absolute Gasteiger partial charge is 0.363 e. The number of benzene rings is 2. The molecule has 1 aliphatic heterocycles. The van der Waals surface area contributed by atoms with Crippen molar-refractivity contribution in [2.45, 2.75) is 0 Å². The second kappa shape index (κ2) is 6.76. The van der Waals surface area contributed by atoms with E-state index in [4.69, 9.17) is 14.3 Å². The first-order valence-electron chi connectivity index (χ1n) is 8.12. The van der Waals surface area contributed by atoms with E-state index < -0.39 is 11.9 Å². The maximum absolute atomic E-state index is 12.0. The molecule has 0 amide bonds. The molecule has 0 aliphatic carbocycles. The number of esters is 1. The third-order valence-electron chi connectivity index (χ3n) is 3.96. The molecule has 27 heavy (non-hydrogen) atoms. The number of ether oxygens (including phenoxy) is 1. The van der Waals surface area contributed by atoms with Crippen LogP contribution in [-0.4, -0.2) is 22.9 Å². The molecule has 1 aromatic heterocycles. The van der Waals surface area contributed by atoms with Gasteiger partial charge in [0, 0.05) is 17.2 Å². The lowest BCUT2D eigenvalue weighted by Crippen LogP contribution is -2.04. The number of hydrogen-bond acceptors (Lipinski definition) is 5. The monoisotopic (exact) mass is 359 g/mol. The second-order valence-corrected chi connectivity index (χ2v) is 5.79. The van der Waals surface area contributed by atoms with Crippen LogP contribution < -0.4 is 0 Å². The Morgan fingerprint density at radius 3 is 2.37 bits per heavy atom. The first-order valence-corrected chi connectivity index (χ1v) is 8.12. The molecule has 0 spiro atoms. The Bertz CT molecular complexity index is 1080. The van der Waals surface area contributed by atoms with Crippen LogP contribution in [0.3, 0.4) is 0 Å². The zero-order chi connectivity index (χ0) is 18.8. The zero-order valence-electron chi connectivity index (χ0n) is 14.0. The van der Waals surface area contributed by atoms with Crippen molar-refractivity contribution in [3.8, 4) is 11.3 Å². The van der Waals surface area contributed by atoms with Crippen LogP contribution in [0, 0.1) is 0 Å². The highest BCUT2D eigenvalue weighted by molar-refractivity contribution is 6.12. The summed E-state index contributed by atoms with van der Waals surface area (Å²) in [4.78, 5) is 27.2. The zero-order valence-corrected chi connectivity index (χ0v) is 14.0. The molecule has 1 N–H and O–H groups in total. The fourth-order valence-electron chi connectivity index (χ4n) is 2.61. The van der Waals surface area contributed by atoms with Gasteiger partial charge in [0.1, 0.15) is 11.5 Å². The van der Waals surface area contributed by atoms with Crippen molar-refractivity contribution < 1.29 is 23.8 Å². The number of carbonyl (C=O) groups excluding carboxylic acids is 1. The number of aliphatic imine (C=N–C) groups is 1. The van der Waals surface area contributed by atoms with Crippen molar-refractivity contribution in [3.05, 3.63) is 89.3 Å². The maximum Gasteiger partial charge on any atom is 0.363 e. The quantitative estimate of drug-likeness (QED) is 0.562. The molecular formula is C21H13NO5. The van der Waals surface area contributed by atoms with Crippen molar-refractivity contribution in [3.63, 3.8) is 0 Å². The van der Waals surface area contributed by atoms with E-state index in [0.717, 1.165) is 5.56 Å². The average Bonchev–Trinajstić information content (AvgIpc) is 3.30. The summed E-state index contributed by atoms with van der Waals surface area (Å²) in [5.41, 5.74) is 1.79. The Morgan fingerprint density at radius 1 is 0.926 bits per heavy atom. The van der Waals surface area contributed by atoms with E-state index in [2.05, 4.69) is 4.99 Å². The summed E-state index contributed by atoms with van der Waals surface area (Å²) < 4.78 is 10.9. The van der Waals surface area contributed by atoms with Crippen LogP contribution in [-0.2, 0) is 9.53 Å². The molecule has 2 aromatic carbocycles. The number of rotatable bonds is 4. The van der Waals surface area contributed by atoms with E-state index >= 15 is 0 Å². The molecule has 0 unspecified atom stereocenters. The van der Waals surface area contributed by atoms with Crippen LogP contribution in [0.5, 0.6) is 0 Å². The second-order valence-electron chi connectivity index (χ2n) is 5.79. The number of carbonyl (C=O) groups is 2. The molecule has 2 heterocycles. The fraction of sp³-hybridized carbons (Fsp3) is 0. The third kappa shape index (κ3) is 3.41. The van der Waals surface area contributed by atoms with Crippen molar-refractivity contribution in [1.82, 2.24) is 0 Å². The van der Waals surface area contributed by atoms with Crippen molar-refractivity contribution in [2.75, 3.05) is 0 Å². The summed E-state index contributed by atoms with van der Waals surface area (Å²) in [5.74, 6) is -0.284. The topological polar surface area (TPSA) is 89.1 Å². The summed E-state index contributed by atoms with van der Waals surface area (Å²) in [7, 11) is 0. The van der Waals surface area contributed by atoms with Gasteiger partial charge in [0.05, 0.1) is 5.56 Å². The molecule has 0 atom stereocenters. The van der Waals surface area contributed by atoms with E-state index in [9.17, 15) is 9.59 Å². The van der Waals surface area contributed by atoms with E-state index in [0.29, 0.717) is 17.1 Å². The van der Waals surface area contributed by atoms with E-state index in [1.165, 1.54) is 18.2 Å². The first-order chi connectivity index (χ1) is 13.1. The van der Waals surface area contributed by atoms with Gasteiger partial charge in [0.25, 0.3) is 0 Å². The fourth-order valence-corrected chi connectivity index (χ4v) is 2.61. The van der Waals surface area contributed by atoms with Gasteiger partial charge >= 0.3 is 11.9 Å². The molecule has 0 saturated heterocycles. The molecule has 6 nitrogen and oxygen atoms in total. The normalized spacial score (nSPS) is 14.9. The molecule has 4 rings (SSSR count). The van der Waals surface area contributed by atoms with Gasteiger partial charge in [-0.2, -0.15) is 0 Å². The minimum absolute atomic E-state index is 0.149. The highest BCUT2D eigenvalue weighted by atomic mass is 16.6. The van der Waals surface area contributed by atoms with Crippen molar-refractivity contribution in [2.24, 2.45) is 4.99 Å². The molecule has 0 fully saturated rings. The third-order valence-corrected chi connectivity index (χ3v) is 3.96. The van der Waals surface area contributed by atoms with Gasteiger partial charge in [0.2, 0.25) is 5.90 Å². The lowest BCUT2D eigenvalue weighted by molar-refractivity contribution is -0.129. The van der Waals surface area contributed by atoms with Crippen LogP contribution in [0.2, 0.25) is 0 Å². The summed E-state index contributed by atoms with van der Waals surface area (Å²) in [6.45, 7) is 0. The van der Waals surface area contributed by atoms with E-state index in [-0.39, 0.29) is 17.2 Å². The lowest BCUT2D eigenvalue weighted by atomic mass is 10.1. The van der Waals surface area contributed by atoms with Crippen LogP contribution >= 0.6 is 0 Å². The van der Waals surface area contributed by atoms with Gasteiger partial charge in [0.15, 0.2) is 5.70 Å². The number of carboxylic acids is 1. The van der Waals surface area contributed by atoms with Gasteiger partial charge in [-0.3, -0.25) is 0 Å². The highest BCUT2D eigenvalue weighted by Crippen LogP contribution is 2.25. The number of aromatic carboxylic acids is 1. The summed E-state index contributed by atoms with van der Waals surface area (Å²) in [6.07, 6.45) is 1.51. The average molecular weight is 359 g/mol. The number of nitrogens with zero attached hydrogens (tertiary/aromatic N) is 1. The lowest BCUT2D eigenvalue weighted by Gasteiger charge is -1.98. The molecule has 3 aromatic rings. The Balaban J connectivity index is 1.59. The predicted octanol–water partition coefficient (Wildman–Crippen LogP) is 3.99. The van der Waals surface area contributed by atoms with Gasteiger partial charge in [-0.15, -0.1) is 0 Å². The minimum Gasteiger partial charge on any atom is -0.478 e. The largest absolute Gasteiger partial charge is 0.478 e. The Kier molecular flexibility index (Phi) is 4.14. The number of furan rings is 1. The number of hydrogen-bond donors (Lipinski definition) is 1. The molecular weight excluding hydrogens is 346 g/mol. The van der Waals surface area contributed by atoms with Gasteiger partial charge in [-0.1, -0.05) is 30.3 Å². The van der Waals surface area contributed by atoms with Crippen LogP contribution in [0.1, 0.15) is 21.7 Å². The molecule has 132 valence electrons. The van der Waals surface area contributed by atoms with Crippen LogP contribution in [0.25, 0.3) is 17.4 Å². The van der Waals surface area contributed by atoms with Crippen molar-refractivity contribution in [1.29, 1.82) is 0 Å². The standard InChI is InChI=1S/C21H13NO5/c23-20(24)15-8-6-13(7-9-15)18-11-10-16(26-18)12-17-21(25)27-19(22-17)14-4-2-1-3-5-14/h1-12H,(H,23,24)/b17-12-. The number of carboxylic acid groups (broad SMARTS) is 1. The first kappa shape index (κ1) is 16.5. The molecule has 0 saturated carbocycles. The van der Waals surface area contributed by atoms with Crippen LogP contribution in [0.15, 0.2) is 81.8 Å². The van der Waals surface area contributed by atoms with Gasteiger partial charge < -0.3 is 14.3 Å². The van der Waals surface area contributed by atoms with Crippen LogP contribution in [0.4, 0.5) is 0 Å². The highest BCUT2D eigenvalue weighted by Gasteiger charge is 2.24. The van der Waals surface area contributed by atoms with Crippen molar-refractivity contribution >= 4 is 23.9 Å². The Morgan fingerprint density at radius 2 is 1.67 bits per heavy atom. The molecule has 0 bridgehead atoms. The summed E-state index contributed by atoms with van der Waals surface area (Å²) in [6, 6.07) is 18.9. The predicted molar refractivity (Wildman–Crippen MR) is 98.2 cm³/mol. The SMILES string of the molecule is O=C1OC(c2ccccc2)=N/C1=C\c1ccc(-c2ccc(C(=O)O)cc2)o1. The van der Waals surface area contributed by atoms with Gasteiger partial charge in [-0.05, 0) is 36.4 Å². The van der Waals surface area contributed by atoms with Gasteiger partial charge in [-0.25, -0.2) is 14.6 Å². The minimum atomic E-state index is -0.988.